The Balaban J connectivity index is 1.46. The monoisotopic (exact) mass is 693 g/mol. The van der Waals surface area contributed by atoms with E-state index in [9.17, 15) is 22.4 Å². The van der Waals surface area contributed by atoms with E-state index in [1.54, 1.807) is 23.9 Å². The molecule has 1 aromatic heterocycles. The van der Waals surface area contributed by atoms with Crippen molar-refractivity contribution in [3.05, 3.63) is 130 Å². The average Bonchev–Trinajstić information content (AvgIpc) is 3.39. The number of rotatable bonds is 10. The highest BCUT2D eigenvalue weighted by Gasteiger charge is 2.38. The van der Waals surface area contributed by atoms with Crippen LogP contribution >= 0.6 is 23.1 Å². The van der Waals surface area contributed by atoms with Gasteiger partial charge in [-0.25, -0.2) is 9.37 Å². The molecule has 47 heavy (non-hydrogen) atoms. The quantitative estimate of drug-likeness (QED) is 0.0898. The molecule has 0 saturated carbocycles. The minimum Gasteiger partial charge on any atom is -0.432 e. The highest BCUT2D eigenvalue weighted by Crippen LogP contribution is 2.45. The maximum Gasteiger partial charge on any atom is 0.416 e. The van der Waals surface area contributed by atoms with Gasteiger partial charge in [0.05, 0.1) is 11.3 Å². The smallest absolute Gasteiger partial charge is 0.416 e. The molecule has 1 N–H and O–H groups in total. The van der Waals surface area contributed by atoms with Crippen LogP contribution in [0.3, 0.4) is 0 Å². The van der Waals surface area contributed by atoms with Gasteiger partial charge in [0.25, 0.3) is 0 Å². The van der Waals surface area contributed by atoms with Gasteiger partial charge in [0.2, 0.25) is 0 Å². The average molecular weight is 694 g/mol. The van der Waals surface area contributed by atoms with Crippen molar-refractivity contribution in [3.8, 4) is 21.7 Å². The van der Waals surface area contributed by atoms with Gasteiger partial charge in [-0.15, -0.1) is 23.1 Å². The van der Waals surface area contributed by atoms with Crippen molar-refractivity contribution in [2.75, 3.05) is 0 Å². The lowest BCUT2D eigenvalue weighted by atomic mass is 9.98. The van der Waals surface area contributed by atoms with Gasteiger partial charge in [0, 0.05) is 20.6 Å². The number of hydrogen-bond donors (Lipinski definition) is 1. The van der Waals surface area contributed by atoms with Crippen LogP contribution in [0.5, 0.6) is 0 Å². The Morgan fingerprint density at radius 1 is 0.830 bits per heavy atom. The third kappa shape index (κ3) is 8.44. The Labute approximate surface area is 284 Å². The standard InChI is InChI=1S/C38H39F4NOS2Si/c1-24-21-33(20-15-30(24)23-37(3,4)47(5,6)44)45-34(22-26-7-9-27(10-8-26)28-13-18-32(39)19-14-28)35-25(2)43-36(46-35)29-11-16-31(17-12-29)38(40,41)42/h7-21,34,44H,22-23H2,1-6H3. The highest BCUT2D eigenvalue weighted by molar-refractivity contribution is 7.99. The number of benzene rings is 4. The van der Waals surface area contributed by atoms with Crippen molar-refractivity contribution in [2.45, 2.75) is 75.0 Å². The molecule has 2 nitrogen and oxygen atoms in total. The number of alkyl halides is 3. The van der Waals surface area contributed by atoms with Crippen molar-refractivity contribution in [1.29, 1.82) is 0 Å². The summed E-state index contributed by atoms with van der Waals surface area (Å²) in [5, 5.41) is 0.509. The summed E-state index contributed by atoms with van der Waals surface area (Å²) in [5.74, 6) is -0.271. The van der Waals surface area contributed by atoms with Gasteiger partial charge in [0.1, 0.15) is 10.8 Å². The Kier molecular flexibility index (Phi) is 10.2. The minimum absolute atomic E-state index is 0.00200. The molecule has 1 unspecified atom stereocenters. The number of hydrogen-bond acceptors (Lipinski definition) is 4. The topological polar surface area (TPSA) is 33.1 Å². The molecule has 0 aliphatic heterocycles. The molecule has 0 aliphatic carbocycles. The van der Waals surface area contributed by atoms with Crippen molar-refractivity contribution < 1.29 is 22.4 Å². The Bertz CT molecular complexity index is 1820. The molecule has 246 valence electrons. The molecule has 0 amide bonds. The molecule has 1 heterocycles. The zero-order valence-electron chi connectivity index (χ0n) is 27.4. The Morgan fingerprint density at radius 2 is 1.40 bits per heavy atom. The maximum atomic E-state index is 13.5. The van der Waals surface area contributed by atoms with Crippen LogP contribution in [0.15, 0.2) is 95.9 Å². The van der Waals surface area contributed by atoms with Crippen LogP contribution in [0.1, 0.15) is 51.9 Å². The highest BCUT2D eigenvalue weighted by atomic mass is 32.2. The predicted octanol–water partition coefficient (Wildman–Crippen LogP) is 11.8. The molecule has 0 aliphatic rings. The number of nitrogens with zero attached hydrogens (tertiary/aromatic N) is 1. The fraction of sp³-hybridized carbons (Fsp3) is 0.289. The van der Waals surface area contributed by atoms with Crippen LogP contribution in [0, 0.1) is 19.7 Å². The largest absolute Gasteiger partial charge is 0.432 e. The number of aryl methyl sites for hydroxylation is 2. The van der Waals surface area contributed by atoms with Crippen LogP contribution in [-0.4, -0.2) is 18.1 Å². The maximum absolute atomic E-state index is 13.5. The van der Waals surface area contributed by atoms with Crippen molar-refractivity contribution in [3.63, 3.8) is 0 Å². The number of thiazole rings is 1. The second-order valence-corrected chi connectivity index (χ2v) is 20.0. The normalized spacial score (nSPS) is 13.2. The molecule has 9 heteroatoms. The van der Waals surface area contributed by atoms with Crippen molar-refractivity contribution >= 4 is 31.4 Å². The minimum atomic E-state index is -4.39. The molecular formula is C38H39F4NOS2Si. The fourth-order valence-electron chi connectivity index (χ4n) is 5.31. The first-order valence-electron chi connectivity index (χ1n) is 15.5. The Hall–Kier alpha value is -3.24. The van der Waals surface area contributed by atoms with E-state index in [4.69, 9.17) is 4.98 Å². The second kappa shape index (κ2) is 13.7. The molecule has 0 radical (unpaired) electrons. The van der Waals surface area contributed by atoms with Gasteiger partial charge in [0.15, 0.2) is 8.32 Å². The number of halogens is 4. The molecule has 0 bridgehead atoms. The van der Waals surface area contributed by atoms with Crippen LogP contribution in [-0.2, 0) is 19.0 Å². The third-order valence-corrected chi connectivity index (χ3v) is 15.2. The van der Waals surface area contributed by atoms with E-state index in [0.29, 0.717) is 17.0 Å². The summed E-state index contributed by atoms with van der Waals surface area (Å²) in [6.07, 6.45) is -2.88. The van der Waals surface area contributed by atoms with E-state index in [0.717, 1.165) is 50.7 Å². The molecule has 5 aromatic rings. The second-order valence-electron chi connectivity index (χ2n) is 13.3. The first-order chi connectivity index (χ1) is 22.0. The zero-order valence-corrected chi connectivity index (χ0v) is 30.0. The SMILES string of the molecule is Cc1cc(SC(Cc2ccc(-c3ccc(F)cc3)cc2)c2sc(-c3ccc(C(F)(F)F)cc3)nc2C)ccc1CC(C)(C)[Si](C)(C)O. The van der Waals surface area contributed by atoms with Gasteiger partial charge < -0.3 is 4.80 Å². The summed E-state index contributed by atoms with van der Waals surface area (Å²) in [5.41, 5.74) is 6.30. The summed E-state index contributed by atoms with van der Waals surface area (Å²) in [6, 6.07) is 26.4. The van der Waals surface area contributed by atoms with Crippen LogP contribution in [0.4, 0.5) is 17.6 Å². The van der Waals surface area contributed by atoms with Gasteiger partial charge in [-0.2, -0.15) is 13.2 Å². The fourth-order valence-corrected chi connectivity index (χ4v) is 8.54. The van der Waals surface area contributed by atoms with Crippen LogP contribution in [0.2, 0.25) is 18.1 Å². The van der Waals surface area contributed by atoms with E-state index in [1.165, 1.54) is 46.7 Å². The van der Waals surface area contributed by atoms with E-state index >= 15 is 0 Å². The van der Waals surface area contributed by atoms with E-state index < -0.39 is 20.1 Å². The summed E-state index contributed by atoms with van der Waals surface area (Å²) >= 11 is 3.27. The summed E-state index contributed by atoms with van der Waals surface area (Å²) in [7, 11) is -2.37. The summed E-state index contributed by atoms with van der Waals surface area (Å²) in [4.78, 5) is 17.8. The molecule has 0 spiro atoms. The first-order valence-corrected chi connectivity index (χ1v) is 20.1. The lowest BCUT2D eigenvalue weighted by molar-refractivity contribution is -0.137. The number of aromatic nitrogens is 1. The van der Waals surface area contributed by atoms with Gasteiger partial charge in [-0.1, -0.05) is 68.4 Å². The zero-order chi connectivity index (χ0) is 34.1. The lowest BCUT2D eigenvalue weighted by Gasteiger charge is -2.35. The molecule has 0 saturated heterocycles. The predicted molar refractivity (Wildman–Crippen MR) is 190 cm³/mol. The van der Waals surface area contributed by atoms with Gasteiger partial charge >= 0.3 is 6.18 Å². The van der Waals surface area contributed by atoms with E-state index in [-0.39, 0.29) is 16.1 Å². The summed E-state index contributed by atoms with van der Waals surface area (Å²) < 4.78 is 53.0. The Morgan fingerprint density at radius 3 is 1.96 bits per heavy atom. The van der Waals surface area contributed by atoms with Crippen LogP contribution in [0.25, 0.3) is 21.7 Å². The van der Waals surface area contributed by atoms with E-state index in [1.807, 2.05) is 32.2 Å². The first kappa shape index (κ1) is 35.1. The lowest BCUT2D eigenvalue weighted by Crippen LogP contribution is -2.40. The van der Waals surface area contributed by atoms with Gasteiger partial charge in [-0.05, 0) is 109 Å². The molecule has 0 fully saturated rings. The summed E-state index contributed by atoms with van der Waals surface area (Å²) in [6.45, 7) is 12.3. The molecule has 1 atom stereocenters. The van der Waals surface area contributed by atoms with E-state index in [2.05, 4.69) is 51.1 Å². The van der Waals surface area contributed by atoms with Gasteiger partial charge in [-0.3, -0.25) is 0 Å². The van der Waals surface area contributed by atoms with Crippen LogP contribution < -0.4 is 0 Å². The third-order valence-electron chi connectivity index (χ3n) is 9.02. The molecular weight excluding hydrogens is 655 g/mol. The number of thioether (sulfide) groups is 1. The van der Waals surface area contributed by atoms with Crippen molar-refractivity contribution in [2.24, 2.45) is 0 Å². The molecule has 4 aromatic carbocycles. The molecule has 5 rings (SSSR count). The van der Waals surface area contributed by atoms with Crippen molar-refractivity contribution in [1.82, 2.24) is 4.98 Å².